The van der Waals surface area contributed by atoms with Crippen molar-refractivity contribution in [1.29, 1.82) is 0 Å². The summed E-state index contributed by atoms with van der Waals surface area (Å²) in [4.78, 5) is 21.5. The molecule has 2 saturated heterocycles. The quantitative estimate of drug-likeness (QED) is 0.599. The number of aromatic nitrogens is 1. The van der Waals surface area contributed by atoms with Gasteiger partial charge in [0, 0.05) is 30.0 Å². The zero-order valence-electron chi connectivity index (χ0n) is 21.0. The summed E-state index contributed by atoms with van der Waals surface area (Å²) >= 11 is 0. The summed E-state index contributed by atoms with van der Waals surface area (Å²) in [6.07, 6.45) is 3.28. The maximum Gasteiger partial charge on any atom is 0.225 e. The van der Waals surface area contributed by atoms with Crippen molar-refractivity contribution in [2.45, 2.75) is 39.2 Å². The van der Waals surface area contributed by atoms with E-state index in [9.17, 15) is 13.2 Å². The molecule has 0 bridgehead atoms. The normalized spacial score (nSPS) is 21.6. The van der Waals surface area contributed by atoms with Crippen LogP contribution in [0, 0.1) is 19.8 Å². The first kappa shape index (κ1) is 24.7. The molecule has 2 aromatic rings. The summed E-state index contributed by atoms with van der Waals surface area (Å²) in [6.45, 7) is 6.40. The number of likely N-dealkylation sites (tertiary alicyclic amines) is 1. The molecule has 0 N–H and O–H groups in total. The third kappa shape index (κ3) is 4.83. The minimum Gasteiger partial charge on any atom is -0.490 e. The van der Waals surface area contributed by atoms with Crippen molar-refractivity contribution >= 4 is 27.1 Å². The van der Waals surface area contributed by atoms with Crippen molar-refractivity contribution < 1.29 is 27.4 Å². The van der Waals surface area contributed by atoms with Crippen LogP contribution in [0.15, 0.2) is 24.4 Å². The van der Waals surface area contributed by atoms with Crippen LogP contribution < -0.4 is 19.1 Å². The van der Waals surface area contributed by atoms with Crippen molar-refractivity contribution in [3.63, 3.8) is 0 Å². The van der Waals surface area contributed by atoms with Crippen LogP contribution in [-0.4, -0.2) is 75.2 Å². The molecule has 1 aromatic heterocycles. The summed E-state index contributed by atoms with van der Waals surface area (Å²) < 4.78 is 41.1. The molecule has 10 heteroatoms. The first-order valence-electron chi connectivity index (χ1n) is 12.5. The van der Waals surface area contributed by atoms with E-state index in [1.165, 1.54) is 0 Å². The minimum absolute atomic E-state index is 0.0557. The van der Waals surface area contributed by atoms with Gasteiger partial charge in [-0.15, -0.1) is 0 Å². The standard InChI is InChI=1S/C26H33N3O6S/c1-17-14-20(15-27-25(17)33-3)29-10-11-34-23-5-4-22(18(2)24(23)29)35-21-6-9-28(16-21)26(30)19-7-12-36(31,32)13-8-19/h4-5,14-15,19,21H,6-13,16H2,1-3H3. The monoisotopic (exact) mass is 515 g/mol. The van der Waals surface area contributed by atoms with E-state index >= 15 is 0 Å². The second-order valence-corrected chi connectivity index (χ2v) is 12.1. The predicted molar refractivity (Wildman–Crippen MR) is 136 cm³/mol. The lowest BCUT2D eigenvalue weighted by Crippen LogP contribution is -2.39. The fourth-order valence-corrected chi connectivity index (χ4v) is 6.85. The van der Waals surface area contributed by atoms with E-state index in [-0.39, 0.29) is 29.4 Å². The average Bonchev–Trinajstić information content (AvgIpc) is 3.33. The van der Waals surface area contributed by atoms with Gasteiger partial charge in [-0.1, -0.05) is 0 Å². The number of hydrogen-bond donors (Lipinski definition) is 0. The fraction of sp³-hybridized carbons (Fsp3) is 0.538. The van der Waals surface area contributed by atoms with Gasteiger partial charge in [0.2, 0.25) is 11.8 Å². The number of carbonyl (C=O) groups excluding carboxylic acids is 1. The molecule has 2 fully saturated rings. The molecule has 5 rings (SSSR count). The highest BCUT2D eigenvalue weighted by molar-refractivity contribution is 7.91. The first-order valence-corrected chi connectivity index (χ1v) is 14.3. The molecule has 1 atom stereocenters. The molecule has 1 unspecified atom stereocenters. The van der Waals surface area contributed by atoms with Crippen molar-refractivity contribution in [2.24, 2.45) is 5.92 Å². The Kier molecular flexibility index (Phi) is 6.72. The number of fused-ring (bicyclic) bond motifs is 1. The van der Waals surface area contributed by atoms with Gasteiger partial charge in [0.25, 0.3) is 0 Å². The van der Waals surface area contributed by atoms with Crippen molar-refractivity contribution in [1.82, 2.24) is 9.88 Å². The minimum atomic E-state index is -2.99. The molecule has 36 heavy (non-hydrogen) atoms. The van der Waals surface area contributed by atoms with E-state index in [1.54, 1.807) is 7.11 Å². The largest absolute Gasteiger partial charge is 0.490 e. The van der Waals surface area contributed by atoms with Crippen LogP contribution in [-0.2, 0) is 14.6 Å². The predicted octanol–water partition coefficient (Wildman–Crippen LogP) is 3.04. The summed E-state index contributed by atoms with van der Waals surface area (Å²) in [5.74, 6) is 2.24. The number of amides is 1. The average molecular weight is 516 g/mol. The summed E-state index contributed by atoms with van der Waals surface area (Å²) in [5.41, 5.74) is 3.85. The van der Waals surface area contributed by atoms with Crippen LogP contribution >= 0.6 is 0 Å². The van der Waals surface area contributed by atoms with E-state index in [0.717, 1.165) is 40.4 Å². The number of ether oxygens (including phenoxy) is 3. The van der Waals surface area contributed by atoms with Crippen LogP contribution in [0.5, 0.6) is 17.4 Å². The lowest BCUT2D eigenvalue weighted by Gasteiger charge is -2.33. The molecule has 0 saturated carbocycles. The van der Waals surface area contributed by atoms with Gasteiger partial charge < -0.3 is 24.0 Å². The number of pyridine rings is 1. The van der Waals surface area contributed by atoms with Crippen molar-refractivity contribution in [3.05, 3.63) is 35.5 Å². The van der Waals surface area contributed by atoms with E-state index in [1.807, 2.05) is 37.1 Å². The molecule has 3 aliphatic rings. The molecule has 0 aliphatic carbocycles. The van der Waals surface area contributed by atoms with Gasteiger partial charge in [-0.05, 0) is 44.9 Å². The highest BCUT2D eigenvalue weighted by Gasteiger charge is 2.35. The molecular formula is C26H33N3O6S. The third-order valence-corrected chi connectivity index (χ3v) is 9.08. The fourth-order valence-electron chi connectivity index (χ4n) is 5.36. The molecule has 0 spiro atoms. The summed E-state index contributed by atoms with van der Waals surface area (Å²) in [5, 5.41) is 0. The second kappa shape index (κ2) is 9.80. The van der Waals surface area contributed by atoms with E-state index in [0.29, 0.717) is 45.0 Å². The van der Waals surface area contributed by atoms with Gasteiger partial charge in [0.1, 0.15) is 34.0 Å². The van der Waals surface area contributed by atoms with Crippen molar-refractivity contribution in [2.75, 3.05) is 49.8 Å². The number of rotatable bonds is 5. The maximum atomic E-state index is 13.0. The Morgan fingerprint density at radius 1 is 1.14 bits per heavy atom. The smallest absolute Gasteiger partial charge is 0.225 e. The number of methoxy groups -OCH3 is 1. The second-order valence-electron chi connectivity index (χ2n) is 9.79. The van der Waals surface area contributed by atoms with Crippen molar-refractivity contribution in [3.8, 4) is 17.4 Å². The number of sulfone groups is 1. The van der Waals surface area contributed by atoms with Gasteiger partial charge >= 0.3 is 0 Å². The Bertz CT molecular complexity index is 1250. The molecule has 1 aromatic carbocycles. The van der Waals surface area contributed by atoms with Crippen LogP contribution in [0.3, 0.4) is 0 Å². The molecular weight excluding hydrogens is 482 g/mol. The maximum absolute atomic E-state index is 13.0. The SMILES string of the molecule is COc1ncc(N2CCOc3ccc(OC4CCN(C(=O)C5CCS(=O)(=O)CC5)C4)c(C)c32)cc1C. The van der Waals surface area contributed by atoms with Gasteiger partial charge in [0.15, 0.2) is 0 Å². The zero-order valence-corrected chi connectivity index (χ0v) is 21.8. The number of nitrogens with zero attached hydrogens (tertiary/aromatic N) is 3. The third-order valence-electron chi connectivity index (χ3n) is 7.36. The zero-order chi connectivity index (χ0) is 25.4. The molecule has 3 aliphatic heterocycles. The molecule has 9 nitrogen and oxygen atoms in total. The van der Waals surface area contributed by atoms with Crippen LogP contribution in [0.2, 0.25) is 0 Å². The lowest BCUT2D eigenvalue weighted by molar-refractivity contribution is -0.135. The Morgan fingerprint density at radius 2 is 1.92 bits per heavy atom. The number of aryl methyl sites for hydroxylation is 1. The lowest BCUT2D eigenvalue weighted by atomic mass is 10.0. The van der Waals surface area contributed by atoms with Crippen LogP contribution in [0.4, 0.5) is 11.4 Å². The number of carbonyl (C=O) groups is 1. The Balaban J connectivity index is 1.30. The van der Waals surface area contributed by atoms with Crippen LogP contribution in [0.25, 0.3) is 0 Å². The van der Waals surface area contributed by atoms with Gasteiger partial charge in [-0.3, -0.25) is 4.79 Å². The topological polar surface area (TPSA) is 98.3 Å². The van der Waals surface area contributed by atoms with Gasteiger partial charge in [-0.25, -0.2) is 13.4 Å². The molecule has 194 valence electrons. The highest BCUT2D eigenvalue weighted by Crippen LogP contribution is 2.43. The first-order chi connectivity index (χ1) is 17.3. The van der Waals surface area contributed by atoms with E-state index < -0.39 is 9.84 Å². The molecule has 1 amide bonds. The summed E-state index contributed by atoms with van der Waals surface area (Å²) in [6, 6.07) is 5.94. The summed E-state index contributed by atoms with van der Waals surface area (Å²) in [7, 11) is -1.37. The number of anilines is 2. The Hall–Kier alpha value is -3.01. The van der Waals surface area contributed by atoms with Gasteiger partial charge in [0.05, 0.1) is 49.3 Å². The number of hydrogen-bond acceptors (Lipinski definition) is 8. The Morgan fingerprint density at radius 3 is 2.64 bits per heavy atom. The Labute approximate surface area is 212 Å². The van der Waals surface area contributed by atoms with Crippen LogP contribution in [0.1, 0.15) is 30.4 Å². The van der Waals surface area contributed by atoms with E-state index in [4.69, 9.17) is 14.2 Å². The highest BCUT2D eigenvalue weighted by atomic mass is 32.2. The van der Waals surface area contributed by atoms with Gasteiger partial charge in [-0.2, -0.15) is 0 Å². The van der Waals surface area contributed by atoms with E-state index in [2.05, 4.69) is 16.0 Å². The molecule has 4 heterocycles. The molecule has 0 radical (unpaired) electrons. The number of benzene rings is 1.